The fourth-order valence-corrected chi connectivity index (χ4v) is 4.96. The lowest BCUT2D eigenvalue weighted by Gasteiger charge is -2.16. The van der Waals surface area contributed by atoms with Crippen LogP contribution in [0.2, 0.25) is 0 Å². The van der Waals surface area contributed by atoms with Crippen molar-refractivity contribution in [1.82, 2.24) is 10.3 Å². The standard InChI is InChI=1S/C12H20N4O3S2/c1-3-16(4-2)12-15-10(13)9(20-12)11(17)14-8-5-6-21(18,19)7-8/h8H,3-7,13H2,1-2H3,(H,14,17). The third-order valence-electron chi connectivity index (χ3n) is 3.45. The number of nitrogens with zero attached hydrogens (tertiary/aromatic N) is 2. The minimum atomic E-state index is -3.02. The van der Waals surface area contributed by atoms with Gasteiger partial charge in [0, 0.05) is 19.1 Å². The van der Waals surface area contributed by atoms with Gasteiger partial charge in [-0.25, -0.2) is 13.4 Å². The van der Waals surface area contributed by atoms with Crippen LogP contribution in [0.5, 0.6) is 0 Å². The molecule has 1 amide bonds. The Morgan fingerprint density at radius 2 is 2.14 bits per heavy atom. The molecule has 1 aromatic heterocycles. The second kappa shape index (κ2) is 6.18. The summed E-state index contributed by atoms with van der Waals surface area (Å²) in [5, 5.41) is 3.44. The van der Waals surface area contributed by atoms with Gasteiger partial charge < -0.3 is 16.0 Å². The number of nitrogens with one attached hydrogen (secondary N) is 1. The van der Waals surface area contributed by atoms with E-state index in [1.54, 1.807) is 0 Å². The lowest BCUT2D eigenvalue weighted by atomic mass is 10.2. The van der Waals surface area contributed by atoms with Crippen LogP contribution in [0.4, 0.5) is 10.9 Å². The number of rotatable bonds is 5. The summed E-state index contributed by atoms with van der Waals surface area (Å²) in [6.07, 6.45) is 0.454. The van der Waals surface area contributed by atoms with Crippen molar-refractivity contribution >= 4 is 38.0 Å². The highest BCUT2D eigenvalue weighted by molar-refractivity contribution is 7.91. The van der Waals surface area contributed by atoms with Crippen LogP contribution in [0.25, 0.3) is 0 Å². The summed E-state index contributed by atoms with van der Waals surface area (Å²) in [5.74, 6) is -0.0213. The van der Waals surface area contributed by atoms with E-state index in [9.17, 15) is 13.2 Å². The van der Waals surface area contributed by atoms with E-state index in [2.05, 4.69) is 10.3 Å². The number of nitrogen functional groups attached to an aromatic ring is 1. The number of carbonyl (C=O) groups is 1. The molecule has 0 aliphatic carbocycles. The molecule has 1 atom stereocenters. The summed E-state index contributed by atoms with van der Waals surface area (Å²) in [7, 11) is -3.02. The molecule has 0 aromatic carbocycles. The highest BCUT2D eigenvalue weighted by atomic mass is 32.2. The molecule has 1 aliphatic heterocycles. The molecular formula is C12H20N4O3S2. The van der Waals surface area contributed by atoms with Crippen molar-refractivity contribution in [2.75, 3.05) is 35.2 Å². The summed E-state index contributed by atoms with van der Waals surface area (Å²) in [5.41, 5.74) is 5.81. The first kappa shape index (κ1) is 16.0. The summed E-state index contributed by atoms with van der Waals surface area (Å²) in [4.78, 5) is 18.8. The molecule has 118 valence electrons. The predicted octanol–water partition coefficient (Wildman–Crippen LogP) is 0.488. The van der Waals surface area contributed by atoms with E-state index in [4.69, 9.17) is 5.73 Å². The molecule has 0 spiro atoms. The molecule has 0 saturated carbocycles. The summed E-state index contributed by atoms with van der Waals surface area (Å²) in [6.45, 7) is 5.57. The fourth-order valence-electron chi connectivity index (χ4n) is 2.27. The summed E-state index contributed by atoms with van der Waals surface area (Å²) < 4.78 is 22.8. The van der Waals surface area contributed by atoms with E-state index in [1.807, 2.05) is 18.7 Å². The van der Waals surface area contributed by atoms with Gasteiger partial charge in [-0.1, -0.05) is 11.3 Å². The van der Waals surface area contributed by atoms with E-state index < -0.39 is 9.84 Å². The fraction of sp³-hybridized carbons (Fsp3) is 0.667. The summed E-state index contributed by atoms with van der Waals surface area (Å²) >= 11 is 1.24. The number of sulfone groups is 1. The highest BCUT2D eigenvalue weighted by Crippen LogP contribution is 2.28. The number of nitrogens with two attached hydrogens (primary N) is 1. The van der Waals surface area contributed by atoms with Gasteiger partial charge in [-0.2, -0.15) is 0 Å². The number of amides is 1. The Labute approximate surface area is 128 Å². The first-order chi connectivity index (χ1) is 9.86. The Morgan fingerprint density at radius 1 is 1.48 bits per heavy atom. The van der Waals surface area contributed by atoms with E-state index in [0.29, 0.717) is 16.4 Å². The largest absolute Gasteiger partial charge is 0.382 e. The van der Waals surface area contributed by atoms with Crippen molar-refractivity contribution in [3.63, 3.8) is 0 Å². The van der Waals surface area contributed by atoms with Crippen LogP contribution < -0.4 is 16.0 Å². The lowest BCUT2D eigenvalue weighted by molar-refractivity contribution is 0.0946. The molecule has 1 fully saturated rings. The first-order valence-corrected chi connectivity index (χ1v) is 9.52. The Hall–Kier alpha value is -1.35. The van der Waals surface area contributed by atoms with E-state index >= 15 is 0 Å². The third kappa shape index (κ3) is 3.65. The van der Waals surface area contributed by atoms with Crippen LogP contribution >= 0.6 is 11.3 Å². The van der Waals surface area contributed by atoms with Gasteiger partial charge in [-0.3, -0.25) is 4.79 Å². The minimum absolute atomic E-state index is 0.000348. The zero-order valence-corrected chi connectivity index (χ0v) is 13.8. The Kier molecular flexibility index (Phi) is 4.72. The molecule has 2 rings (SSSR count). The lowest BCUT2D eigenvalue weighted by Crippen LogP contribution is -2.35. The first-order valence-electron chi connectivity index (χ1n) is 6.88. The van der Waals surface area contributed by atoms with Crippen LogP contribution in [0.15, 0.2) is 0 Å². The molecule has 1 aliphatic rings. The molecule has 2 heterocycles. The monoisotopic (exact) mass is 332 g/mol. The number of hydrogen-bond acceptors (Lipinski definition) is 7. The maximum Gasteiger partial charge on any atom is 0.265 e. The highest BCUT2D eigenvalue weighted by Gasteiger charge is 2.30. The number of carbonyl (C=O) groups excluding carboxylic acids is 1. The normalized spacial score (nSPS) is 20.4. The molecule has 3 N–H and O–H groups in total. The Balaban J connectivity index is 2.09. The second-order valence-electron chi connectivity index (χ2n) is 4.96. The molecule has 1 aromatic rings. The van der Waals surface area contributed by atoms with Gasteiger partial charge in [-0.15, -0.1) is 0 Å². The van der Waals surface area contributed by atoms with Crippen LogP contribution in [0, 0.1) is 0 Å². The molecule has 0 radical (unpaired) electrons. The maximum absolute atomic E-state index is 12.2. The molecular weight excluding hydrogens is 312 g/mol. The average molecular weight is 332 g/mol. The van der Waals surface area contributed by atoms with Gasteiger partial charge in [-0.05, 0) is 20.3 Å². The predicted molar refractivity (Wildman–Crippen MR) is 84.6 cm³/mol. The third-order valence-corrected chi connectivity index (χ3v) is 6.35. The molecule has 7 nitrogen and oxygen atoms in total. The average Bonchev–Trinajstić information content (AvgIpc) is 2.94. The maximum atomic E-state index is 12.2. The van der Waals surface area contributed by atoms with Crippen molar-refractivity contribution in [2.45, 2.75) is 26.3 Å². The topological polar surface area (TPSA) is 105 Å². The van der Waals surface area contributed by atoms with Gasteiger partial charge in [0.2, 0.25) is 0 Å². The number of anilines is 2. The molecule has 1 unspecified atom stereocenters. The van der Waals surface area contributed by atoms with Crippen LogP contribution in [0.3, 0.4) is 0 Å². The van der Waals surface area contributed by atoms with Gasteiger partial charge in [0.15, 0.2) is 15.0 Å². The van der Waals surface area contributed by atoms with E-state index in [1.165, 1.54) is 11.3 Å². The quantitative estimate of drug-likeness (QED) is 0.813. The van der Waals surface area contributed by atoms with Gasteiger partial charge in [0.25, 0.3) is 5.91 Å². The number of aromatic nitrogens is 1. The van der Waals surface area contributed by atoms with Gasteiger partial charge in [0.1, 0.15) is 10.7 Å². The smallest absolute Gasteiger partial charge is 0.265 e. The second-order valence-corrected chi connectivity index (χ2v) is 8.16. The zero-order chi connectivity index (χ0) is 15.6. The van der Waals surface area contributed by atoms with E-state index in [0.717, 1.165) is 13.1 Å². The van der Waals surface area contributed by atoms with Crippen LogP contribution in [-0.2, 0) is 9.84 Å². The Morgan fingerprint density at radius 3 is 2.67 bits per heavy atom. The van der Waals surface area contributed by atoms with Crippen molar-refractivity contribution < 1.29 is 13.2 Å². The van der Waals surface area contributed by atoms with Crippen molar-refractivity contribution in [3.8, 4) is 0 Å². The number of thiazole rings is 1. The number of hydrogen-bond donors (Lipinski definition) is 2. The Bertz CT molecular complexity index is 622. The minimum Gasteiger partial charge on any atom is -0.382 e. The molecule has 21 heavy (non-hydrogen) atoms. The van der Waals surface area contributed by atoms with Gasteiger partial charge >= 0.3 is 0 Å². The van der Waals surface area contributed by atoms with Crippen molar-refractivity contribution in [1.29, 1.82) is 0 Å². The SMILES string of the molecule is CCN(CC)c1nc(N)c(C(=O)NC2CCS(=O)(=O)C2)s1. The molecule has 1 saturated heterocycles. The zero-order valence-electron chi connectivity index (χ0n) is 12.1. The summed E-state index contributed by atoms with van der Waals surface area (Å²) in [6, 6.07) is -0.332. The molecule has 0 bridgehead atoms. The molecule has 9 heteroatoms. The van der Waals surface area contributed by atoms with Crippen LogP contribution in [-0.4, -0.2) is 49.9 Å². The van der Waals surface area contributed by atoms with E-state index in [-0.39, 0.29) is 29.3 Å². The van der Waals surface area contributed by atoms with Crippen molar-refractivity contribution in [3.05, 3.63) is 4.88 Å². The van der Waals surface area contributed by atoms with Crippen LogP contribution in [0.1, 0.15) is 29.9 Å². The van der Waals surface area contributed by atoms with Gasteiger partial charge in [0.05, 0.1) is 11.5 Å². The van der Waals surface area contributed by atoms with Crippen molar-refractivity contribution in [2.24, 2.45) is 0 Å².